The van der Waals surface area contributed by atoms with Crippen molar-refractivity contribution in [1.29, 1.82) is 0 Å². The highest BCUT2D eigenvalue weighted by Crippen LogP contribution is 2.28. The maximum Gasteiger partial charge on any atom is 0.272 e. The second-order valence-electron chi connectivity index (χ2n) is 8.13. The highest BCUT2D eigenvalue weighted by atomic mass is 16.3. The third-order valence-electron chi connectivity index (χ3n) is 6.04. The van der Waals surface area contributed by atoms with Gasteiger partial charge >= 0.3 is 0 Å². The molecule has 0 radical (unpaired) electrons. The van der Waals surface area contributed by atoms with Crippen LogP contribution in [0.1, 0.15) is 51.1 Å². The van der Waals surface area contributed by atoms with Crippen LogP contribution in [0.25, 0.3) is 10.9 Å². The number of pyridine rings is 1. The molecule has 0 spiro atoms. The topological polar surface area (TPSA) is 124 Å². The largest absolute Gasteiger partial charge is 0.467 e. The number of rotatable bonds is 5. The fourth-order valence-corrected chi connectivity index (χ4v) is 4.28. The van der Waals surface area contributed by atoms with E-state index in [1.54, 1.807) is 35.4 Å². The molecule has 3 aromatic heterocycles. The smallest absolute Gasteiger partial charge is 0.272 e. The predicted octanol–water partition coefficient (Wildman–Crippen LogP) is 2.79. The lowest BCUT2D eigenvalue weighted by Gasteiger charge is -2.31. The third-order valence-corrected chi connectivity index (χ3v) is 6.04. The number of piperidine rings is 1. The minimum Gasteiger partial charge on any atom is -0.467 e. The molecule has 1 saturated heterocycles. The molecular formula is C24H23N5O4. The summed E-state index contributed by atoms with van der Waals surface area (Å²) < 4.78 is 5.22. The first-order valence-electron chi connectivity index (χ1n) is 10.9. The van der Waals surface area contributed by atoms with Crippen LogP contribution in [0.2, 0.25) is 0 Å². The number of H-pyrrole nitrogens is 2. The van der Waals surface area contributed by atoms with Crippen molar-refractivity contribution in [1.82, 2.24) is 25.4 Å². The van der Waals surface area contributed by atoms with Crippen LogP contribution in [0, 0.1) is 0 Å². The minimum atomic E-state index is -0.290. The van der Waals surface area contributed by atoms with E-state index in [-0.39, 0.29) is 23.3 Å². The monoisotopic (exact) mass is 445 g/mol. The zero-order valence-electron chi connectivity index (χ0n) is 17.8. The summed E-state index contributed by atoms with van der Waals surface area (Å²) in [7, 11) is 0. The van der Waals surface area contributed by atoms with Crippen molar-refractivity contribution in [3.8, 4) is 0 Å². The van der Waals surface area contributed by atoms with Gasteiger partial charge in [-0.05, 0) is 37.1 Å². The van der Waals surface area contributed by atoms with Crippen molar-refractivity contribution in [2.75, 3.05) is 13.1 Å². The van der Waals surface area contributed by atoms with Crippen molar-refractivity contribution >= 4 is 22.7 Å². The molecule has 4 aromatic rings. The Morgan fingerprint density at radius 1 is 1.12 bits per heavy atom. The second-order valence-corrected chi connectivity index (χ2v) is 8.13. The van der Waals surface area contributed by atoms with Gasteiger partial charge in [0.1, 0.15) is 11.5 Å². The molecule has 0 aliphatic carbocycles. The van der Waals surface area contributed by atoms with E-state index in [0.717, 1.165) is 23.9 Å². The average Bonchev–Trinajstić information content (AvgIpc) is 3.54. The van der Waals surface area contributed by atoms with E-state index in [4.69, 9.17) is 4.42 Å². The quantitative estimate of drug-likeness (QED) is 0.436. The van der Waals surface area contributed by atoms with Crippen LogP contribution in [0.5, 0.6) is 0 Å². The first-order chi connectivity index (χ1) is 16.1. The Hall–Kier alpha value is -4.14. The van der Waals surface area contributed by atoms with Crippen molar-refractivity contribution in [2.45, 2.75) is 25.3 Å². The van der Waals surface area contributed by atoms with E-state index in [9.17, 15) is 14.4 Å². The number of furan rings is 1. The van der Waals surface area contributed by atoms with Crippen LogP contribution in [-0.2, 0) is 6.54 Å². The van der Waals surface area contributed by atoms with E-state index in [0.29, 0.717) is 42.2 Å². The lowest BCUT2D eigenvalue weighted by Crippen LogP contribution is -2.38. The van der Waals surface area contributed by atoms with Crippen molar-refractivity contribution < 1.29 is 14.0 Å². The Balaban J connectivity index is 1.22. The fraction of sp³-hybridized carbons (Fsp3) is 0.250. The van der Waals surface area contributed by atoms with Gasteiger partial charge in [-0.25, -0.2) is 0 Å². The van der Waals surface area contributed by atoms with Crippen LogP contribution < -0.4 is 10.9 Å². The van der Waals surface area contributed by atoms with Crippen LogP contribution in [0.15, 0.2) is 64.0 Å². The van der Waals surface area contributed by atoms with E-state index >= 15 is 0 Å². The van der Waals surface area contributed by atoms with Gasteiger partial charge in [0, 0.05) is 41.7 Å². The molecule has 0 unspecified atom stereocenters. The highest BCUT2D eigenvalue weighted by Gasteiger charge is 2.27. The number of hydrogen-bond donors (Lipinski definition) is 3. The molecule has 168 valence electrons. The van der Waals surface area contributed by atoms with Gasteiger partial charge in [0.25, 0.3) is 11.8 Å². The molecule has 33 heavy (non-hydrogen) atoms. The zero-order chi connectivity index (χ0) is 22.8. The highest BCUT2D eigenvalue weighted by molar-refractivity contribution is 6.06. The van der Waals surface area contributed by atoms with E-state index in [1.165, 1.54) is 6.07 Å². The van der Waals surface area contributed by atoms with Crippen molar-refractivity contribution in [3.05, 3.63) is 87.9 Å². The number of benzene rings is 1. The van der Waals surface area contributed by atoms with Gasteiger partial charge in [0.05, 0.1) is 18.4 Å². The number of nitrogens with one attached hydrogen (secondary N) is 3. The molecular weight excluding hydrogens is 422 g/mol. The molecule has 3 N–H and O–H groups in total. The summed E-state index contributed by atoms with van der Waals surface area (Å²) in [4.78, 5) is 42.1. The molecule has 0 bridgehead atoms. The standard InChI is InChI=1S/C24H23N5O4/c30-22-12-18(17-5-1-2-6-19(17)26-22)24(32)29-9-7-15(8-10-29)20-13-21(28-27-20)23(31)25-14-16-4-3-11-33-16/h1-6,11-13,15H,7-10,14H2,(H,25,31)(H,26,30)(H,27,28). The predicted molar refractivity (Wildman–Crippen MR) is 121 cm³/mol. The normalized spacial score (nSPS) is 14.5. The summed E-state index contributed by atoms with van der Waals surface area (Å²) in [5, 5.41) is 10.6. The number of likely N-dealkylation sites (tertiary alicyclic amines) is 1. The number of carbonyl (C=O) groups excluding carboxylic acids is 2. The Bertz CT molecular complexity index is 1350. The van der Waals surface area contributed by atoms with E-state index in [1.807, 2.05) is 18.2 Å². The van der Waals surface area contributed by atoms with Crippen molar-refractivity contribution in [3.63, 3.8) is 0 Å². The summed E-state index contributed by atoms with van der Waals surface area (Å²) >= 11 is 0. The Morgan fingerprint density at radius 3 is 2.73 bits per heavy atom. The molecule has 1 aliphatic heterocycles. The molecule has 9 heteroatoms. The minimum absolute atomic E-state index is 0.140. The molecule has 0 saturated carbocycles. The lowest BCUT2D eigenvalue weighted by molar-refractivity contribution is 0.0713. The molecule has 5 rings (SSSR count). The molecule has 4 heterocycles. The number of carbonyl (C=O) groups is 2. The number of nitrogens with zero attached hydrogens (tertiary/aromatic N) is 2. The van der Waals surface area contributed by atoms with Gasteiger partial charge in [-0.3, -0.25) is 19.5 Å². The summed E-state index contributed by atoms with van der Waals surface area (Å²) in [6.07, 6.45) is 3.04. The third kappa shape index (κ3) is 4.30. The van der Waals surface area contributed by atoms with E-state index in [2.05, 4.69) is 20.5 Å². The van der Waals surface area contributed by atoms with Gasteiger partial charge in [-0.2, -0.15) is 5.10 Å². The average molecular weight is 445 g/mol. The number of hydrogen-bond acceptors (Lipinski definition) is 5. The number of amides is 2. The number of aromatic amines is 2. The summed E-state index contributed by atoms with van der Waals surface area (Å²) in [5.74, 6) is 0.425. The zero-order valence-corrected chi connectivity index (χ0v) is 17.8. The first kappa shape index (κ1) is 20.7. The molecule has 9 nitrogen and oxygen atoms in total. The molecule has 1 aromatic carbocycles. The fourth-order valence-electron chi connectivity index (χ4n) is 4.28. The Labute approximate surface area is 188 Å². The van der Waals surface area contributed by atoms with Gasteiger partial charge in [-0.15, -0.1) is 0 Å². The summed E-state index contributed by atoms with van der Waals surface area (Å²) in [6, 6.07) is 14.0. The van der Waals surface area contributed by atoms with Gasteiger partial charge < -0.3 is 19.6 Å². The molecule has 0 atom stereocenters. The Kier molecular flexibility index (Phi) is 5.52. The van der Waals surface area contributed by atoms with Gasteiger partial charge in [0.15, 0.2) is 0 Å². The Morgan fingerprint density at radius 2 is 1.94 bits per heavy atom. The van der Waals surface area contributed by atoms with Crippen LogP contribution >= 0.6 is 0 Å². The number of para-hydroxylation sites is 1. The maximum atomic E-state index is 13.2. The van der Waals surface area contributed by atoms with Crippen LogP contribution in [0.3, 0.4) is 0 Å². The number of aromatic nitrogens is 3. The SMILES string of the molecule is O=C(NCc1ccco1)c1cc(C2CCN(C(=O)c3cc(=O)[nH]c4ccccc34)CC2)[nH]n1. The second kappa shape index (κ2) is 8.78. The lowest BCUT2D eigenvalue weighted by atomic mass is 9.93. The number of fused-ring (bicyclic) bond motifs is 1. The summed E-state index contributed by atoms with van der Waals surface area (Å²) in [5.41, 5.74) is 1.99. The van der Waals surface area contributed by atoms with Crippen LogP contribution in [-0.4, -0.2) is 45.0 Å². The molecule has 2 amide bonds. The maximum absolute atomic E-state index is 13.2. The van der Waals surface area contributed by atoms with Gasteiger partial charge in [-0.1, -0.05) is 18.2 Å². The van der Waals surface area contributed by atoms with Crippen molar-refractivity contribution in [2.24, 2.45) is 0 Å². The van der Waals surface area contributed by atoms with Gasteiger partial charge in [0.2, 0.25) is 5.56 Å². The van der Waals surface area contributed by atoms with E-state index < -0.39 is 0 Å². The van der Waals surface area contributed by atoms with Crippen LogP contribution in [0.4, 0.5) is 0 Å². The molecule has 1 fully saturated rings. The first-order valence-corrected chi connectivity index (χ1v) is 10.9. The molecule has 1 aliphatic rings. The summed E-state index contributed by atoms with van der Waals surface area (Å²) in [6.45, 7) is 1.42.